The van der Waals surface area contributed by atoms with Crippen LogP contribution in [0.25, 0.3) is 0 Å². The predicted molar refractivity (Wildman–Crippen MR) is 85.8 cm³/mol. The van der Waals surface area contributed by atoms with Crippen molar-refractivity contribution in [3.63, 3.8) is 0 Å². The number of halogens is 1. The fourth-order valence-electron chi connectivity index (χ4n) is 2.04. The average Bonchev–Trinajstić information content (AvgIpc) is 2.44. The summed E-state index contributed by atoms with van der Waals surface area (Å²) in [6.45, 7) is 4.74. The molecule has 0 aliphatic rings. The van der Waals surface area contributed by atoms with Gasteiger partial charge in [0.2, 0.25) is 0 Å². The van der Waals surface area contributed by atoms with E-state index in [-0.39, 0.29) is 5.82 Å². The highest BCUT2D eigenvalue weighted by atomic mass is 32.2. The maximum atomic E-state index is 13.5. The fraction of sp³-hybridized carbons (Fsp3) is 0.625. The van der Waals surface area contributed by atoms with Gasteiger partial charge in [0.15, 0.2) is 0 Å². The van der Waals surface area contributed by atoms with Crippen LogP contribution in [-0.4, -0.2) is 41.6 Å². The first-order valence-electron chi connectivity index (χ1n) is 7.09. The standard InChI is InChI=1S/C16H26FNOS/c1-12-5-6-14(11-15(12)17)16(19)7-9-18(3)13(2)8-10-20-4/h5-6,11,13,16,19H,7-10H2,1-4H3. The second-order valence-electron chi connectivity index (χ2n) is 5.42. The molecule has 2 atom stereocenters. The molecule has 0 bridgehead atoms. The van der Waals surface area contributed by atoms with Crippen LogP contribution in [0, 0.1) is 12.7 Å². The van der Waals surface area contributed by atoms with E-state index in [1.807, 2.05) is 11.8 Å². The monoisotopic (exact) mass is 299 g/mol. The van der Waals surface area contributed by atoms with Crippen molar-refractivity contribution in [1.29, 1.82) is 0 Å². The van der Waals surface area contributed by atoms with Crippen molar-refractivity contribution in [2.75, 3.05) is 25.6 Å². The Morgan fingerprint density at radius 1 is 1.35 bits per heavy atom. The van der Waals surface area contributed by atoms with E-state index in [2.05, 4.69) is 25.1 Å². The van der Waals surface area contributed by atoms with Gasteiger partial charge in [0.1, 0.15) is 5.82 Å². The maximum Gasteiger partial charge on any atom is 0.126 e. The van der Waals surface area contributed by atoms with Crippen LogP contribution < -0.4 is 0 Å². The average molecular weight is 299 g/mol. The Morgan fingerprint density at radius 3 is 2.65 bits per heavy atom. The predicted octanol–water partition coefficient (Wildman–Crippen LogP) is 3.63. The van der Waals surface area contributed by atoms with E-state index in [4.69, 9.17) is 0 Å². The van der Waals surface area contributed by atoms with Gasteiger partial charge in [-0.1, -0.05) is 12.1 Å². The summed E-state index contributed by atoms with van der Waals surface area (Å²) in [5, 5.41) is 10.1. The molecule has 2 unspecified atom stereocenters. The summed E-state index contributed by atoms with van der Waals surface area (Å²) in [7, 11) is 2.08. The molecule has 0 amide bonds. The van der Waals surface area contributed by atoms with Crippen LogP contribution in [0.15, 0.2) is 18.2 Å². The molecule has 0 heterocycles. The molecule has 0 aromatic heterocycles. The minimum absolute atomic E-state index is 0.247. The van der Waals surface area contributed by atoms with E-state index >= 15 is 0 Å². The van der Waals surface area contributed by atoms with Gasteiger partial charge in [-0.15, -0.1) is 0 Å². The van der Waals surface area contributed by atoms with Crippen LogP contribution in [-0.2, 0) is 0 Å². The molecule has 0 spiro atoms. The summed E-state index contributed by atoms with van der Waals surface area (Å²) in [6, 6.07) is 5.47. The highest BCUT2D eigenvalue weighted by molar-refractivity contribution is 7.98. The minimum atomic E-state index is -0.597. The van der Waals surface area contributed by atoms with Crippen molar-refractivity contribution < 1.29 is 9.50 Å². The number of rotatable bonds is 8. The number of aryl methyl sites for hydroxylation is 1. The molecule has 114 valence electrons. The summed E-state index contributed by atoms with van der Waals surface area (Å²) >= 11 is 1.85. The van der Waals surface area contributed by atoms with E-state index in [1.165, 1.54) is 6.07 Å². The molecule has 0 saturated carbocycles. The molecule has 2 nitrogen and oxygen atoms in total. The van der Waals surface area contributed by atoms with E-state index in [9.17, 15) is 9.50 Å². The largest absolute Gasteiger partial charge is 0.388 e. The number of nitrogens with zero attached hydrogens (tertiary/aromatic N) is 1. The highest BCUT2D eigenvalue weighted by Gasteiger charge is 2.13. The number of aliphatic hydroxyl groups excluding tert-OH is 1. The lowest BCUT2D eigenvalue weighted by Crippen LogP contribution is -2.31. The summed E-state index contributed by atoms with van der Waals surface area (Å²) < 4.78 is 13.5. The van der Waals surface area contributed by atoms with Crippen LogP contribution in [0.4, 0.5) is 4.39 Å². The zero-order valence-corrected chi connectivity index (χ0v) is 13.7. The molecule has 0 aliphatic carbocycles. The van der Waals surface area contributed by atoms with Crippen molar-refractivity contribution in [2.45, 2.75) is 38.8 Å². The highest BCUT2D eigenvalue weighted by Crippen LogP contribution is 2.20. The van der Waals surface area contributed by atoms with Gasteiger partial charge >= 0.3 is 0 Å². The molecule has 0 fully saturated rings. The maximum absolute atomic E-state index is 13.5. The first kappa shape index (κ1) is 17.5. The third kappa shape index (κ3) is 5.43. The molecule has 1 aromatic carbocycles. The second-order valence-corrected chi connectivity index (χ2v) is 6.41. The third-order valence-electron chi connectivity index (χ3n) is 3.83. The molecule has 0 aliphatic heterocycles. The third-order valence-corrected chi connectivity index (χ3v) is 4.47. The first-order valence-corrected chi connectivity index (χ1v) is 8.48. The Balaban J connectivity index is 2.45. The quantitative estimate of drug-likeness (QED) is 0.793. The van der Waals surface area contributed by atoms with Gasteiger partial charge in [0.25, 0.3) is 0 Å². The van der Waals surface area contributed by atoms with Crippen molar-refractivity contribution >= 4 is 11.8 Å². The Hall–Kier alpha value is -0.580. The summed E-state index contributed by atoms with van der Waals surface area (Å²) in [5.74, 6) is 0.903. The summed E-state index contributed by atoms with van der Waals surface area (Å²) in [6.07, 6.45) is 3.29. The molecule has 0 radical (unpaired) electrons. The van der Waals surface area contributed by atoms with Crippen LogP contribution in [0.1, 0.15) is 37.0 Å². The van der Waals surface area contributed by atoms with Crippen molar-refractivity contribution in [3.8, 4) is 0 Å². The van der Waals surface area contributed by atoms with E-state index in [0.29, 0.717) is 23.6 Å². The van der Waals surface area contributed by atoms with Crippen LogP contribution in [0.3, 0.4) is 0 Å². The zero-order chi connectivity index (χ0) is 15.1. The first-order chi connectivity index (χ1) is 9.45. The number of hydrogen-bond donors (Lipinski definition) is 1. The fourth-order valence-corrected chi connectivity index (χ4v) is 2.61. The number of thioether (sulfide) groups is 1. The molecule has 1 N–H and O–H groups in total. The van der Waals surface area contributed by atoms with Gasteiger partial charge in [-0.25, -0.2) is 4.39 Å². The normalized spacial score (nSPS) is 14.6. The van der Waals surface area contributed by atoms with E-state index in [1.54, 1.807) is 19.1 Å². The number of aliphatic hydroxyl groups is 1. The molecular weight excluding hydrogens is 273 g/mol. The summed E-state index contributed by atoms with van der Waals surface area (Å²) in [4.78, 5) is 2.25. The molecule has 0 saturated heterocycles. The molecule has 1 aromatic rings. The Bertz CT molecular complexity index is 413. The molecule has 1 rings (SSSR count). The summed E-state index contributed by atoms with van der Waals surface area (Å²) in [5.41, 5.74) is 1.28. The number of benzene rings is 1. The van der Waals surface area contributed by atoms with Gasteiger partial charge < -0.3 is 10.0 Å². The van der Waals surface area contributed by atoms with Gasteiger partial charge in [-0.3, -0.25) is 0 Å². The molecular formula is C16H26FNOS. The second kappa shape index (κ2) is 8.65. The van der Waals surface area contributed by atoms with Gasteiger partial charge in [0.05, 0.1) is 6.10 Å². The van der Waals surface area contributed by atoms with Crippen LogP contribution in [0.5, 0.6) is 0 Å². The molecule has 4 heteroatoms. The zero-order valence-electron chi connectivity index (χ0n) is 12.9. The van der Waals surface area contributed by atoms with Gasteiger partial charge in [-0.05, 0) is 62.9 Å². The van der Waals surface area contributed by atoms with Crippen molar-refractivity contribution in [1.82, 2.24) is 4.90 Å². The Morgan fingerprint density at radius 2 is 2.05 bits per heavy atom. The lowest BCUT2D eigenvalue weighted by atomic mass is 10.0. The minimum Gasteiger partial charge on any atom is -0.388 e. The lowest BCUT2D eigenvalue weighted by Gasteiger charge is -2.25. The lowest BCUT2D eigenvalue weighted by molar-refractivity contribution is 0.138. The smallest absolute Gasteiger partial charge is 0.126 e. The van der Waals surface area contributed by atoms with Gasteiger partial charge in [-0.2, -0.15) is 11.8 Å². The van der Waals surface area contributed by atoms with E-state index < -0.39 is 6.10 Å². The van der Waals surface area contributed by atoms with Crippen LogP contribution >= 0.6 is 11.8 Å². The van der Waals surface area contributed by atoms with E-state index in [0.717, 1.165) is 18.7 Å². The van der Waals surface area contributed by atoms with Crippen molar-refractivity contribution in [3.05, 3.63) is 35.1 Å². The van der Waals surface area contributed by atoms with Crippen molar-refractivity contribution in [2.24, 2.45) is 0 Å². The SMILES string of the molecule is CSCCC(C)N(C)CCC(O)c1ccc(C)c(F)c1. The Labute approximate surface area is 126 Å². The number of hydrogen-bond acceptors (Lipinski definition) is 3. The topological polar surface area (TPSA) is 23.5 Å². The Kier molecular flexibility index (Phi) is 7.56. The van der Waals surface area contributed by atoms with Gasteiger partial charge in [0, 0.05) is 12.6 Å². The molecule has 20 heavy (non-hydrogen) atoms. The van der Waals surface area contributed by atoms with Crippen LogP contribution in [0.2, 0.25) is 0 Å².